The van der Waals surface area contributed by atoms with Crippen LogP contribution in [0.1, 0.15) is 36.1 Å². The summed E-state index contributed by atoms with van der Waals surface area (Å²) in [4.78, 5) is 8.72. The van der Waals surface area contributed by atoms with Gasteiger partial charge in [0.15, 0.2) is 0 Å². The number of pyridine rings is 1. The fourth-order valence-electron chi connectivity index (χ4n) is 3.30. The lowest BCUT2D eigenvalue weighted by atomic mass is 10.1. The minimum atomic E-state index is 0.294. The monoisotopic (exact) mass is 356 g/mol. The van der Waals surface area contributed by atoms with Gasteiger partial charge in [-0.2, -0.15) is 10.4 Å². The van der Waals surface area contributed by atoms with Crippen LogP contribution in [0.25, 0.3) is 11.0 Å². The maximum atomic E-state index is 9.02. The summed E-state index contributed by atoms with van der Waals surface area (Å²) in [5.74, 6) is 1.05. The second kappa shape index (κ2) is 6.82. The summed E-state index contributed by atoms with van der Waals surface area (Å²) in [7, 11) is 0. The van der Waals surface area contributed by atoms with Gasteiger partial charge < -0.3 is 9.30 Å². The van der Waals surface area contributed by atoms with E-state index in [0.29, 0.717) is 24.2 Å². The summed E-state index contributed by atoms with van der Waals surface area (Å²) < 4.78 is 9.58. The largest absolute Gasteiger partial charge is 0.381 e. The number of nitriles is 1. The number of fused-ring (bicyclic) bond motifs is 1. The molecule has 0 spiro atoms. The van der Waals surface area contributed by atoms with E-state index in [9.17, 15) is 0 Å². The quantitative estimate of drug-likeness (QED) is 0.671. The number of aromatic nitrogens is 5. The van der Waals surface area contributed by atoms with Gasteiger partial charge in [0.2, 0.25) is 0 Å². The van der Waals surface area contributed by atoms with Gasteiger partial charge in [0.25, 0.3) is 0 Å². The smallest absolute Gasteiger partial charge is 0.142 e. The molecular formula is C17H17ClN6O. The summed E-state index contributed by atoms with van der Waals surface area (Å²) in [5.41, 5.74) is 3.06. The van der Waals surface area contributed by atoms with E-state index in [1.54, 1.807) is 12.3 Å². The number of hydrogen-bond acceptors (Lipinski definition) is 5. The molecule has 1 aliphatic rings. The van der Waals surface area contributed by atoms with E-state index in [2.05, 4.69) is 19.7 Å². The molecule has 0 N–H and O–H groups in total. The van der Waals surface area contributed by atoms with Gasteiger partial charge in [0, 0.05) is 25.5 Å². The number of rotatable bonds is 4. The number of hydrogen-bond donors (Lipinski definition) is 0. The molecule has 3 aromatic rings. The van der Waals surface area contributed by atoms with Crippen LogP contribution in [0.4, 0.5) is 0 Å². The van der Waals surface area contributed by atoms with Crippen molar-refractivity contribution in [1.82, 2.24) is 24.3 Å². The predicted molar refractivity (Wildman–Crippen MR) is 92.2 cm³/mol. The van der Waals surface area contributed by atoms with E-state index in [1.165, 1.54) is 0 Å². The topological polar surface area (TPSA) is 81.5 Å². The Morgan fingerprint density at radius 2 is 2.20 bits per heavy atom. The van der Waals surface area contributed by atoms with Gasteiger partial charge in [0.1, 0.15) is 17.6 Å². The van der Waals surface area contributed by atoms with Crippen molar-refractivity contribution in [2.45, 2.75) is 31.3 Å². The summed E-state index contributed by atoms with van der Waals surface area (Å²) >= 11 is 6.10. The van der Waals surface area contributed by atoms with Gasteiger partial charge >= 0.3 is 0 Å². The fraction of sp³-hybridized carbons (Fsp3) is 0.412. The van der Waals surface area contributed by atoms with Crippen LogP contribution >= 0.6 is 11.6 Å². The molecule has 4 rings (SSSR count). The van der Waals surface area contributed by atoms with Gasteiger partial charge in [-0.05, 0) is 18.9 Å². The highest BCUT2D eigenvalue weighted by atomic mass is 35.5. The maximum Gasteiger partial charge on any atom is 0.142 e. The summed E-state index contributed by atoms with van der Waals surface area (Å²) in [5, 5.41) is 13.5. The Morgan fingerprint density at radius 3 is 2.96 bits per heavy atom. The number of halogens is 1. The van der Waals surface area contributed by atoms with Crippen molar-refractivity contribution in [3.63, 3.8) is 0 Å². The van der Waals surface area contributed by atoms with Crippen LogP contribution in [0, 0.1) is 11.3 Å². The van der Waals surface area contributed by atoms with E-state index in [0.717, 1.165) is 48.6 Å². The fourth-order valence-corrected chi connectivity index (χ4v) is 3.50. The van der Waals surface area contributed by atoms with E-state index in [1.807, 2.05) is 22.9 Å². The first-order valence-electron chi connectivity index (χ1n) is 8.21. The predicted octanol–water partition coefficient (Wildman–Crippen LogP) is 2.64. The highest BCUT2D eigenvalue weighted by Gasteiger charge is 2.20. The number of alkyl halides is 1. The van der Waals surface area contributed by atoms with Gasteiger partial charge in [-0.3, -0.25) is 4.68 Å². The second-order valence-electron chi connectivity index (χ2n) is 6.03. The molecule has 3 aromatic heterocycles. The Bertz CT molecular complexity index is 934. The molecule has 0 bridgehead atoms. The SMILES string of the molecule is N#Cc1cc2nc(CCl)n(Cc3ccnn3C3CCOCC3)c2cn1. The summed E-state index contributed by atoms with van der Waals surface area (Å²) in [6, 6.07) is 6.12. The zero-order valence-corrected chi connectivity index (χ0v) is 14.4. The summed E-state index contributed by atoms with van der Waals surface area (Å²) in [6.07, 6.45) is 5.45. The molecule has 1 aliphatic heterocycles. The zero-order valence-electron chi connectivity index (χ0n) is 13.6. The lowest BCUT2D eigenvalue weighted by Crippen LogP contribution is -2.23. The third-order valence-electron chi connectivity index (χ3n) is 4.56. The highest BCUT2D eigenvalue weighted by Crippen LogP contribution is 2.24. The van der Waals surface area contributed by atoms with Crippen molar-refractivity contribution in [2.24, 2.45) is 0 Å². The first-order chi connectivity index (χ1) is 12.3. The van der Waals surface area contributed by atoms with Crippen LogP contribution in [0.3, 0.4) is 0 Å². The molecule has 0 amide bonds. The highest BCUT2D eigenvalue weighted by molar-refractivity contribution is 6.16. The van der Waals surface area contributed by atoms with E-state index < -0.39 is 0 Å². The van der Waals surface area contributed by atoms with Crippen molar-refractivity contribution in [3.05, 3.63) is 41.7 Å². The zero-order chi connectivity index (χ0) is 17.2. The third-order valence-corrected chi connectivity index (χ3v) is 4.80. The molecule has 8 heteroatoms. The first kappa shape index (κ1) is 16.1. The minimum absolute atomic E-state index is 0.294. The van der Waals surface area contributed by atoms with E-state index in [-0.39, 0.29) is 0 Å². The molecule has 1 fully saturated rings. The third kappa shape index (κ3) is 2.99. The molecule has 0 radical (unpaired) electrons. The molecule has 0 saturated carbocycles. The molecule has 25 heavy (non-hydrogen) atoms. The van der Waals surface area contributed by atoms with Crippen LogP contribution in [0.2, 0.25) is 0 Å². The van der Waals surface area contributed by atoms with Gasteiger partial charge in [-0.15, -0.1) is 11.6 Å². The average Bonchev–Trinajstić information content (AvgIpc) is 3.27. The van der Waals surface area contributed by atoms with Gasteiger partial charge in [-0.25, -0.2) is 9.97 Å². The lowest BCUT2D eigenvalue weighted by Gasteiger charge is -2.24. The average molecular weight is 357 g/mol. The van der Waals surface area contributed by atoms with Gasteiger partial charge in [-0.1, -0.05) is 0 Å². The molecule has 128 valence electrons. The Kier molecular flexibility index (Phi) is 4.38. The minimum Gasteiger partial charge on any atom is -0.381 e. The van der Waals surface area contributed by atoms with Crippen molar-refractivity contribution < 1.29 is 4.74 Å². The normalized spacial score (nSPS) is 15.5. The number of nitrogens with zero attached hydrogens (tertiary/aromatic N) is 6. The molecular weight excluding hydrogens is 340 g/mol. The van der Waals surface area contributed by atoms with Crippen LogP contribution in [0.5, 0.6) is 0 Å². The van der Waals surface area contributed by atoms with Crippen molar-refractivity contribution in [3.8, 4) is 6.07 Å². The molecule has 0 atom stereocenters. The van der Waals surface area contributed by atoms with Gasteiger partial charge in [0.05, 0.1) is 41.4 Å². The van der Waals surface area contributed by atoms with Crippen LogP contribution in [-0.4, -0.2) is 37.5 Å². The van der Waals surface area contributed by atoms with E-state index >= 15 is 0 Å². The van der Waals surface area contributed by atoms with E-state index in [4.69, 9.17) is 21.6 Å². The second-order valence-corrected chi connectivity index (χ2v) is 6.30. The van der Waals surface area contributed by atoms with Crippen LogP contribution in [0.15, 0.2) is 24.5 Å². The lowest BCUT2D eigenvalue weighted by molar-refractivity contribution is 0.0653. The molecule has 1 saturated heterocycles. The molecule has 7 nitrogen and oxygen atoms in total. The van der Waals surface area contributed by atoms with Crippen LogP contribution < -0.4 is 0 Å². The number of ether oxygens (including phenoxy) is 1. The maximum absolute atomic E-state index is 9.02. The molecule has 0 aromatic carbocycles. The Morgan fingerprint density at radius 1 is 1.36 bits per heavy atom. The first-order valence-corrected chi connectivity index (χ1v) is 8.75. The Labute approximate surface area is 149 Å². The Hall–Kier alpha value is -2.43. The van der Waals surface area contributed by atoms with Crippen LogP contribution in [-0.2, 0) is 17.2 Å². The molecule has 4 heterocycles. The number of imidazole rings is 1. The summed E-state index contributed by atoms with van der Waals surface area (Å²) in [6.45, 7) is 2.15. The molecule has 0 aliphatic carbocycles. The Balaban J connectivity index is 1.71. The van der Waals surface area contributed by atoms with Crippen molar-refractivity contribution in [2.75, 3.05) is 13.2 Å². The standard InChI is InChI=1S/C17H17ClN6O/c18-8-17-22-15-7-12(9-19)20-10-16(15)23(17)11-14-1-4-21-24(14)13-2-5-25-6-3-13/h1,4,7,10,13H,2-3,5-6,8,11H2. The molecule has 0 unspecified atom stereocenters. The van der Waals surface area contributed by atoms with Crippen molar-refractivity contribution in [1.29, 1.82) is 5.26 Å². The van der Waals surface area contributed by atoms with Crippen molar-refractivity contribution >= 4 is 22.6 Å².